The first-order valence-corrected chi connectivity index (χ1v) is 24.6. The summed E-state index contributed by atoms with van der Waals surface area (Å²) in [6.07, 6.45) is 0. The third-order valence-electron chi connectivity index (χ3n) is 13.8. The number of fused-ring (bicyclic) bond motifs is 3. The van der Waals surface area contributed by atoms with Gasteiger partial charge in [0.2, 0.25) is 0 Å². The van der Waals surface area contributed by atoms with Gasteiger partial charge in [-0.3, -0.25) is 0 Å². The fourth-order valence-corrected chi connectivity index (χ4v) is 10.3. The third kappa shape index (κ3) is 8.43. The molecule has 0 fully saturated rings. The molecule has 12 rings (SSSR count). The highest BCUT2D eigenvalue weighted by Gasteiger charge is 2.26. The molecule has 0 spiro atoms. The first kappa shape index (κ1) is 44.6. The molecule has 0 atom stereocenters. The van der Waals surface area contributed by atoms with Crippen molar-refractivity contribution in [3.05, 3.63) is 246 Å². The maximum absolute atomic E-state index is 11.1. The molecule has 0 amide bonds. The van der Waals surface area contributed by atoms with Gasteiger partial charge < -0.3 is 4.57 Å². The van der Waals surface area contributed by atoms with Gasteiger partial charge in [-0.2, -0.15) is 5.26 Å². The van der Waals surface area contributed by atoms with Crippen molar-refractivity contribution in [3.63, 3.8) is 0 Å². The van der Waals surface area contributed by atoms with E-state index < -0.39 is 0 Å². The largest absolute Gasteiger partial charge is 0.308 e. The normalized spacial score (nSPS) is 11.3. The molecule has 0 aliphatic heterocycles. The van der Waals surface area contributed by atoms with E-state index in [1.807, 2.05) is 97.1 Å². The van der Waals surface area contributed by atoms with Crippen LogP contribution in [0.5, 0.6) is 0 Å². The van der Waals surface area contributed by atoms with Gasteiger partial charge in [-0.05, 0) is 110 Å². The Labute approximate surface area is 425 Å². The molecule has 0 saturated carbocycles. The molecule has 346 valence electrons. The van der Waals surface area contributed by atoms with Crippen molar-refractivity contribution in [1.82, 2.24) is 24.5 Å². The minimum Gasteiger partial charge on any atom is -0.308 e. The maximum Gasteiger partial charge on any atom is 0.162 e. The van der Waals surface area contributed by atoms with Gasteiger partial charge in [-0.1, -0.05) is 181 Å². The zero-order valence-electron chi connectivity index (χ0n) is 41.0. The predicted molar refractivity (Wildman–Crippen MR) is 299 cm³/mol. The lowest BCUT2D eigenvalue weighted by molar-refractivity contribution is 1.12. The van der Waals surface area contributed by atoms with E-state index in [4.69, 9.17) is 19.9 Å². The molecule has 6 nitrogen and oxygen atoms in total. The number of hydrogen-bond donors (Lipinski definition) is 0. The van der Waals surface area contributed by atoms with Gasteiger partial charge >= 0.3 is 0 Å². The van der Waals surface area contributed by atoms with Crippen molar-refractivity contribution in [1.29, 1.82) is 5.26 Å². The van der Waals surface area contributed by atoms with Gasteiger partial charge in [-0.25, -0.2) is 19.9 Å². The number of nitrogens with zero attached hydrogens (tertiary/aromatic N) is 6. The van der Waals surface area contributed by atoms with Crippen molar-refractivity contribution < 1.29 is 0 Å². The first-order valence-electron chi connectivity index (χ1n) is 24.6. The van der Waals surface area contributed by atoms with Crippen LogP contribution in [0.3, 0.4) is 0 Å². The Kier molecular flexibility index (Phi) is 11.4. The van der Waals surface area contributed by atoms with E-state index in [0.717, 1.165) is 83.6 Å². The van der Waals surface area contributed by atoms with E-state index in [9.17, 15) is 5.26 Å². The molecule has 0 unspecified atom stereocenters. The molecule has 0 aliphatic rings. The molecule has 9 aromatic carbocycles. The number of aryl methyl sites for hydroxylation is 4. The average molecular weight is 937 g/mol. The van der Waals surface area contributed by atoms with Crippen LogP contribution < -0.4 is 0 Å². The van der Waals surface area contributed by atoms with E-state index in [1.54, 1.807) is 0 Å². The summed E-state index contributed by atoms with van der Waals surface area (Å²) < 4.78 is 2.33. The van der Waals surface area contributed by atoms with Crippen LogP contribution in [0.4, 0.5) is 0 Å². The van der Waals surface area contributed by atoms with Crippen LogP contribution in [0.15, 0.2) is 218 Å². The molecular weight excluding hydrogens is 889 g/mol. The summed E-state index contributed by atoms with van der Waals surface area (Å²) in [6, 6.07) is 78.2. The number of nitriles is 1. The maximum atomic E-state index is 11.1. The van der Waals surface area contributed by atoms with Crippen LogP contribution in [-0.2, 0) is 0 Å². The minimum absolute atomic E-state index is 0.425. The molecule has 0 bridgehead atoms. The van der Waals surface area contributed by atoms with Crippen LogP contribution in [0.1, 0.15) is 27.8 Å². The van der Waals surface area contributed by atoms with Crippen LogP contribution in [0.25, 0.3) is 118 Å². The zero-order chi connectivity index (χ0) is 49.6. The second-order valence-corrected chi connectivity index (χ2v) is 18.9. The highest BCUT2D eigenvalue weighted by atomic mass is 15.0. The van der Waals surface area contributed by atoms with Crippen LogP contribution in [0.2, 0.25) is 0 Å². The second kappa shape index (κ2) is 18.6. The quantitative estimate of drug-likeness (QED) is 0.144. The Hall–Kier alpha value is -9.57. The molecule has 73 heavy (non-hydrogen) atoms. The highest BCUT2D eigenvalue weighted by molar-refractivity contribution is 6.13. The summed E-state index contributed by atoms with van der Waals surface area (Å²) >= 11 is 0. The van der Waals surface area contributed by atoms with E-state index in [-0.39, 0.29) is 0 Å². The van der Waals surface area contributed by atoms with Crippen LogP contribution in [0, 0.1) is 39.0 Å². The molecule has 3 heterocycles. The SMILES string of the molecule is Cc1ccc(-c2ccc3c(c2)c2cc(-c4ccc(C)cc4C)ccc2n3-c2c(-c3nc(-c4ccccc4)cc(-c4ccccc4)n3)cc(C#N)cc2-c2nc(-c3ccccc3)cc(-c3ccccc3)n2)c(C)c1. The number of rotatable bonds is 9. The van der Waals surface area contributed by atoms with E-state index in [1.165, 1.54) is 33.4 Å². The molecule has 0 N–H and O–H groups in total. The molecule has 0 aliphatic carbocycles. The number of aromatic nitrogens is 5. The van der Waals surface area contributed by atoms with Gasteiger partial charge in [-0.15, -0.1) is 0 Å². The molecule has 0 saturated heterocycles. The van der Waals surface area contributed by atoms with E-state index in [0.29, 0.717) is 28.3 Å². The predicted octanol–water partition coefficient (Wildman–Crippen LogP) is 16.8. The van der Waals surface area contributed by atoms with Crippen LogP contribution in [-0.4, -0.2) is 24.5 Å². The highest BCUT2D eigenvalue weighted by Crippen LogP contribution is 2.44. The third-order valence-corrected chi connectivity index (χ3v) is 13.8. The van der Waals surface area contributed by atoms with Crippen molar-refractivity contribution in [3.8, 4) is 102 Å². The van der Waals surface area contributed by atoms with E-state index >= 15 is 0 Å². The zero-order valence-corrected chi connectivity index (χ0v) is 41.0. The van der Waals surface area contributed by atoms with Gasteiger partial charge in [0.05, 0.1) is 51.1 Å². The summed E-state index contributed by atoms with van der Waals surface area (Å²) in [5.74, 6) is 0.926. The molecule has 3 aromatic heterocycles. The first-order chi connectivity index (χ1) is 35.8. The number of benzene rings is 9. The lowest BCUT2D eigenvalue weighted by atomic mass is 9.95. The fourth-order valence-electron chi connectivity index (χ4n) is 10.3. The summed E-state index contributed by atoms with van der Waals surface area (Å²) in [6.45, 7) is 8.64. The van der Waals surface area contributed by atoms with Crippen molar-refractivity contribution in [2.75, 3.05) is 0 Å². The average Bonchev–Trinajstić information content (AvgIpc) is 3.76. The second-order valence-electron chi connectivity index (χ2n) is 18.9. The Morgan fingerprint density at radius 3 is 1.03 bits per heavy atom. The monoisotopic (exact) mass is 936 g/mol. The van der Waals surface area contributed by atoms with Crippen LogP contribution >= 0.6 is 0 Å². The summed E-state index contributed by atoms with van der Waals surface area (Å²) in [7, 11) is 0. The van der Waals surface area contributed by atoms with Gasteiger partial charge in [0, 0.05) is 44.2 Å². The van der Waals surface area contributed by atoms with Crippen molar-refractivity contribution in [2.24, 2.45) is 0 Å². The molecule has 12 aromatic rings. The summed E-state index contributed by atoms with van der Waals surface area (Å²) in [4.78, 5) is 21.7. The van der Waals surface area contributed by atoms with Gasteiger partial charge in [0.15, 0.2) is 11.6 Å². The van der Waals surface area contributed by atoms with Gasteiger partial charge in [0.1, 0.15) is 0 Å². The standard InChI is InChI=1S/C67H48N6/c1-42-25-29-53(44(3)33-42)51-27-31-63-55(37-51)56-38-52(54-30-26-43(2)34-45(54)4)28-32-64(56)73(63)65-57(66-69-59(47-17-9-5-10-18-47)39-60(70-66)48-19-11-6-12-20-48)35-46(41-68)36-58(65)67-71-61(49-21-13-7-14-22-49)40-62(72-67)50-23-15-8-16-24-50/h5-40H,1-4H3. The molecule has 6 heteroatoms. The Morgan fingerprint density at radius 2 is 0.699 bits per heavy atom. The van der Waals surface area contributed by atoms with Crippen molar-refractivity contribution >= 4 is 21.8 Å². The lowest BCUT2D eigenvalue weighted by Crippen LogP contribution is -2.06. The topological polar surface area (TPSA) is 80.3 Å². The van der Waals surface area contributed by atoms with Gasteiger partial charge in [0.25, 0.3) is 0 Å². The smallest absolute Gasteiger partial charge is 0.162 e. The minimum atomic E-state index is 0.425. The lowest BCUT2D eigenvalue weighted by Gasteiger charge is -2.20. The Balaban J connectivity index is 1.24. The molecular formula is C67H48N6. The summed E-state index contributed by atoms with van der Waals surface area (Å²) in [5.41, 5.74) is 20.7. The summed E-state index contributed by atoms with van der Waals surface area (Å²) in [5, 5.41) is 13.2. The number of hydrogen-bond acceptors (Lipinski definition) is 5. The fraction of sp³-hybridized carbons (Fsp3) is 0.0597. The Morgan fingerprint density at radius 1 is 0.342 bits per heavy atom. The Bertz CT molecular complexity index is 3740. The van der Waals surface area contributed by atoms with E-state index in [2.05, 4.69) is 160 Å². The molecule has 0 radical (unpaired) electrons. The van der Waals surface area contributed by atoms with Crippen molar-refractivity contribution in [2.45, 2.75) is 27.7 Å².